The number of allylic oxidation sites excluding steroid dienone is 3. The van der Waals surface area contributed by atoms with E-state index in [4.69, 9.17) is 14.2 Å². The van der Waals surface area contributed by atoms with Crippen LogP contribution in [0.1, 0.15) is 46.5 Å². The van der Waals surface area contributed by atoms with Gasteiger partial charge in [0, 0.05) is 17.8 Å². The molecule has 5 heteroatoms. The third kappa shape index (κ3) is 2.15. The lowest BCUT2D eigenvalue weighted by atomic mass is 9.64. The first-order valence-corrected chi connectivity index (χ1v) is 9.66. The van der Waals surface area contributed by atoms with Crippen molar-refractivity contribution in [1.82, 2.24) is 0 Å². The van der Waals surface area contributed by atoms with E-state index in [9.17, 15) is 9.59 Å². The molecule has 0 aromatic rings. The molecule has 0 unspecified atom stereocenters. The minimum Gasteiger partial charge on any atom is -0.469 e. The lowest BCUT2D eigenvalue weighted by Crippen LogP contribution is -2.45. The van der Waals surface area contributed by atoms with Crippen molar-refractivity contribution >= 4 is 11.9 Å². The number of hydrogen-bond donors (Lipinski definition) is 0. The number of ether oxygens (including phenoxy) is 3. The Labute approximate surface area is 154 Å². The highest BCUT2D eigenvalue weighted by Crippen LogP contribution is 2.73. The fourth-order valence-corrected chi connectivity index (χ4v) is 6.16. The maximum Gasteiger partial charge on any atom is 0.312 e. The van der Waals surface area contributed by atoms with E-state index in [2.05, 4.69) is 12.2 Å². The molecule has 0 aromatic carbocycles. The van der Waals surface area contributed by atoms with Gasteiger partial charge in [0.15, 0.2) is 0 Å². The Bertz CT molecular complexity index is 693. The van der Waals surface area contributed by atoms with E-state index in [0.717, 1.165) is 24.8 Å². The highest BCUT2D eigenvalue weighted by atomic mass is 16.7. The number of carbonyl (C=O) groups excluding carboxylic acids is 2. The molecule has 0 saturated heterocycles. The van der Waals surface area contributed by atoms with Gasteiger partial charge in [-0.2, -0.15) is 0 Å². The molecule has 3 aliphatic carbocycles. The van der Waals surface area contributed by atoms with Crippen LogP contribution in [0.5, 0.6) is 0 Å². The lowest BCUT2D eigenvalue weighted by molar-refractivity contribution is -0.192. The highest BCUT2D eigenvalue weighted by molar-refractivity contribution is 5.79. The van der Waals surface area contributed by atoms with Gasteiger partial charge in [-0.05, 0) is 49.5 Å². The largest absolute Gasteiger partial charge is 0.469 e. The lowest BCUT2D eigenvalue weighted by Gasteiger charge is -2.44. The van der Waals surface area contributed by atoms with E-state index in [0.29, 0.717) is 6.42 Å². The Kier molecular flexibility index (Phi) is 3.97. The zero-order chi connectivity index (χ0) is 18.7. The second-order valence-electron chi connectivity index (χ2n) is 8.89. The molecular weight excluding hydrogens is 332 g/mol. The molecule has 0 N–H and O–H groups in total. The molecule has 26 heavy (non-hydrogen) atoms. The van der Waals surface area contributed by atoms with Crippen molar-refractivity contribution in [3.8, 4) is 0 Å². The fraction of sp³-hybridized carbons (Fsp3) is 0.714. The summed E-state index contributed by atoms with van der Waals surface area (Å²) < 4.78 is 16.8. The average molecular weight is 360 g/mol. The van der Waals surface area contributed by atoms with Crippen molar-refractivity contribution in [1.29, 1.82) is 0 Å². The molecule has 0 aromatic heterocycles. The van der Waals surface area contributed by atoms with Crippen LogP contribution in [0.3, 0.4) is 0 Å². The zero-order valence-corrected chi connectivity index (χ0v) is 16.0. The van der Waals surface area contributed by atoms with E-state index in [1.165, 1.54) is 7.11 Å². The average Bonchev–Trinajstić information content (AvgIpc) is 3.05. The Morgan fingerprint density at radius 1 is 1.35 bits per heavy atom. The number of hydrogen-bond acceptors (Lipinski definition) is 5. The minimum atomic E-state index is -0.554. The molecule has 1 heterocycles. The summed E-state index contributed by atoms with van der Waals surface area (Å²) in [5.41, 5.74) is 0.466. The maximum atomic E-state index is 12.7. The molecule has 2 saturated carbocycles. The topological polar surface area (TPSA) is 61.8 Å². The number of esters is 2. The van der Waals surface area contributed by atoms with E-state index >= 15 is 0 Å². The van der Waals surface area contributed by atoms with Gasteiger partial charge in [-0.15, -0.1) is 0 Å². The Morgan fingerprint density at radius 2 is 2.12 bits per heavy atom. The predicted octanol–water partition coefficient (Wildman–Crippen LogP) is 3.60. The van der Waals surface area contributed by atoms with Gasteiger partial charge in [-0.25, -0.2) is 0 Å². The van der Waals surface area contributed by atoms with Gasteiger partial charge in [-0.1, -0.05) is 26.0 Å². The summed E-state index contributed by atoms with van der Waals surface area (Å²) >= 11 is 0. The summed E-state index contributed by atoms with van der Waals surface area (Å²) in [5, 5.41) is 0. The number of fused-ring (bicyclic) bond motifs is 1. The summed E-state index contributed by atoms with van der Waals surface area (Å²) in [5.74, 6) is 0.360. The molecular formula is C21H28O5. The molecule has 4 aliphatic rings. The summed E-state index contributed by atoms with van der Waals surface area (Å²) in [4.78, 5) is 25.0. The number of methoxy groups -OCH3 is 1. The quantitative estimate of drug-likeness (QED) is 0.717. The second-order valence-corrected chi connectivity index (χ2v) is 8.89. The Balaban J connectivity index is 1.68. The monoisotopic (exact) mass is 360 g/mol. The molecule has 5 nitrogen and oxygen atoms in total. The van der Waals surface area contributed by atoms with E-state index in [1.807, 2.05) is 20.8 Å². The Hall–Kier alpha value is -1.78. The maximum absolute atomic E-state index is 12.7. The standard InChI is InChI=1S/C21H28O5/c1-12(2)9-17(22)26-18-15-7-8-16-20(3,19(23)24-4)13-5-6-14(11-25-18)21(15,16)10-13/h5-6,11-13,15-16,18H,7-10H2,1-4H3/t13-,15+,16+,18+,20-,21-/m1/s1. The minimum absolute atomic E-state index is 0.0996. The Morgan fingerprint density at radius 3 is 2.81 bits per heavy atom. The zero-order valence-electron chi connectivity index (χ0n) is 16.0. The van der Waals surface area contributed by atoms with Gasteiger partial charge in [0.25, 0.3) is 0 Å². The van der Waals surface area contributed by atoms with Gasteiger partial charge < -0.3 is 14.2 Å². The molecule has 4 rings (SSSR count). The third-order valence-electron chi connectivity index (χ3n) is 7.25. The highest BCUT2D eigenvalue weighted by Gasteiger charge is 2.72. The molecule has 1 spiro atoms. The van der Waals surface area contributed by atoms with Crippen molar-refractivity contribution < 1.29 is 23.8 Å². The summed E-state index contributed by atoms with van der Waals surface area (Å²) in [6.07, 6.45) is 8.57. The normalized spacial score (nSPS) is 42.1. The smallest absolute Gasteiger partial charge is 0.312 e. The van der Waals surface area contributed by atoms with Crippen molar-refractivity contribution in [2.45, 2.75) is 52.7 Å². The third-order valence-corrected chi connectivity index (χ3v) is 7.25. The molecule has 1 aliphatic heterocycles. The van der Waals surface area contributed by atoms with Crippen LogP contribution >= 0.6 is 0 Å². The molecule has 0 amide bonds. The molecule has 2 bridgehead atoms. The van der Waals surface area contributed by atoms with Crippen LogP contribution in [0.25, 0.3) is 0 Å². The van der Waals surface area contributed by atoms with Crippen LogP contribution in [0.4, 0.5) is 0 Å². The first kappa shape index (κ1) is 17.6. The van der Waals surface area contributed by atoms with Crippen molar-refractivity contribution in [3.05, 3.63) is 24.0 Å². The first-order valence-electron chi connectivity index (χ1n) is 9.66. The van der Waals surface area contributed by atoms with Crippen molar-refractivity contribution in [2.75, 3.05) is 7.11 Å². The van der Waals surface area contributed by atoms with Crippen LogP contribution < -0.4 is 0 Å². The summed E-state index contributed by atoms with van der Waals surface area (Å²) in [6.45, 7) is 6.05. The van der Waals surface area contributed by atoms with Crippen LogP contribution in [0.2, 0.25) is 0 Å². The van der Waals surface area contributed by atoms with Gasteiger partial charge >= 0.3 is 11.9 Å². The van der Waals surface area contributed by atoms with Crippen molar-refractivity contribution in [3.63, 3.8) is 0 Å². The molecule has 2 fully saturated rings. The van der Waals surface area contributed by atoms with Crippen LogP contribution in [0.15, 0.2) is 24.0 Å². The van der Waals surface area contributed by atoms with Gasteiger partial charge in [-0.3, -0.25) is 9.59 Å². The van der Waals surface area contributed by atoms with E-state index in [1.54, 1.807) is 6.26 Å². The first-order chi connectivity index (χ1) is 12.3. The van der Waals surface area contributed by atoms with Crippen molar-refractivity contribution in [2.24, 2.45) is 34.5 Å². The van der Waals surface area contributed by atoms with Gasteiger partial charge in [0.05, 0.1) is 18.8 Å². The van der Waals surface area contributed by atoms with Crippen LogP contribution in [-0.4, -0.2) is 25.3 Å². The number of rotatable bonds is 4. The van der Waals surface area contributed by atoms with Gasteiger partial charge in [0.1, 0.15) is 0 Å². The van der Waals surface area contributed by atoms with E-state index < -0.39 is 11.7 Å². The summed E-state index contributed by atoms with van der Waals surface area (Å²) in [7, 11) is 1.47. The van der Waals surface area contributed by atoms with Crippen LogP contribution in [0, 0.1) is 34.5 Å². The van der Waals surface area contributed by atoms with E-state index in [-0.39, 0.29) is 41.0 Å². The molecule has 142 valence electrons. The molecule has 6 atom stereocenters. The fourth-order valence-electron chi connectivity index (χ4n) is 6.16. The number of carbonyl (C=O) groups is 2. The molecule has 0 radical (unpaired) electrons. The summed E-state index contributed by atoms with van der Waals surface area (Å²) in [6, 6.07) is 0. The van der Waals surface area contributed by atoms with Gasteiger partial charge in [0.2, 0.25) is 6.29 Å². The van der Waals surface area contributed by atoms with Crippen LogP contribution in [-0.2, 0) is 23.8 Å². The SMILES string of the molecule is COC(=O)[C@]1(C)[C@@H]2C=CC3=CO[C@@H](OC(=O)CC(C)C)[C@@H]4CC[C@@H]1[C@]34C2. The second kappa shape index (κ2) is 5.86. The predicted molar refractivity (Wildman–Crippen MR) is 94.5 cm³/mol.